The largest absolute Gasteiger partial charge is 0.335 e. The molecule has 1 N–H and O–H groups in total. The molecular formula is C10H12ClN3O2. The summed E-state index contributed by atoms with van der Waals surface area (Å²) in [5.41, 5.74) is 0. The number of likely N-dealkylation sites (N-methyl/N-ethyl adjacent to an activating group) is 1. The molecule has 0 saturated heterocycles. The van der Waals surface area contributed by atoms with E-state index in [9.17, 15) is 9.59 Å². The summed E-state index contributed by atoms with van der Waals surface area (Å²) in [5, 5.41) is 2.56. The Morgan fingerprint density at radius 2 is 2.25 bits per heavy atom. The van der Waals surface area contributed by atoms with Crippen molar-refractivity contribution >= 4 is 29.2 Å². The quantitative estimate of drug-likeness (QED) is 0.790. The number of nitrogens with zero attached hydrogens (tertiary/aromatic N) is 2. The number of halogens is 1. The van der Waals surface area contributed by atoms with Crippen molar-refractivity contribution in [3.05, 3.63) is 24.4 Å². The molecule has 86 valence electrons. The maximum absolute atomic E-state index is 11.5. The summed E-state index contributed by atoms with van der Waals surface area (Å²) in [6, 6.07) is 5.18. The number of aromatic nitrogens is 1. The van der Waals surface area contributed by atoms with Gasteiger partial charge in [-0.15, -0.1) is 11.6 Å². The Bertz CT molecular complexity index is 370. The topological polar surface area (TPSA) is 62.3 Å². The summed E-state index contributed by atoms with van der Waals surface area (Å²) >= 11 is 5.36. The maximum Gasteiger partial charge on any atom is 0.245 e. The Morgan fingerprint density at radius 3 is 2.81 bits per heavy atom. The summed E-state index contributed by atoms with van der Waals surface area (Å²) in [7, 11) is 1.52. The zero-order valence-corrected chi connectivity index (χ0v) is 9.57. The van der Waals surface area contributed by atoms with Crippen molar-refractivity contribution in [2.24, 2.45) is 0 Å². The summed E-state index contributed by atoms with van der Waals surface area (Å²) in [5.74, 6) is -0.274. The van der Waals surface area contributed by atoms with Crippen LogP contribution >= 0.6 is 11.6 Å². The van der Waals surface area contributed by atoms with Crippen LogP contribution in [0.4, 0.5) is 5.82 Å². The van der Waals surface area contributed by atoms with Crippen LogP contribution in [0, 0.1) is 0 Å². The van der Waals surface area contributed by atoms with Crippen molar-refractivity contribution in [2.75, 3.05) is 24.8 Å². The molecule has 0 aliphatic heterocycles. The van der Waals surface area contributed by atoms with E-state index in [1.54, 1.807) is 24.4 Å². The highest BCUT2D eigenvalue weighted by Gasteiger charge is 2.11. The van der Waals surface area contributed by atoms with Gasteiger partial charge in [0.15, 0.2) is 0 Å². The number of alkyl halides is 1. The predicted molar refractivity (Wildman–Crippen MR) is 61.2 cm³/mol. The van der Waals surface area contributed by atoms with Gasteiger partial charge in [-0.2, -0.15) is 0 Å². The van der Waals surface area contributed by atoms with Crippen molar-refractivity contribution < 1.29 is 9.59 Å². The summed E-state index contributed by atoms with van der Waals surface area (Å²) in [6.45, 7) is -0.0396. The minimum atomic E-state index is -0.306. The number of amides is 2. The van der Waals surface area contributed by atoms with Gasteiger partial charge in [0.2, 0.25) is 11.8 Å². The lowest BCUT2D eigenvalue weighted by molar-refractivity contribution is -0.131. The number of nitrogens with one attached hydrogen (secondary N) is 1. The van der Waals surface area contributed by atoms with Crippen LogP contribution in [0.3, 0.4) is 0 Å². The third-order valence-electron chi connectivity index (χ3n) is 1.85. The number of rotatable bonds is 4. The standard InChI is InChI=1S/C10H12ClN3O2/c1-14(10(16)6-11)7-9(15)13-8-4-2-3-5-12-8/h2-5H,6-7H2,1H3,(H,12,13,15). The van der Waals surface area contributed by atoms with Crippen molar-refractivity contribution in [1.29, 1.82) is 0 Å². The number of hydrogen-bond acceptors (Lipinski definition) is 3. The molecule has 1 aromatic rings. The van der Waals surface area contributed by atoms with Gasteiger partial charge in [-0.3, -0.25) is 9.59 Å². The van der Waals surface area contributed by atoms with E-state index in [2.05, 4.69) is 10.3 Å². The number of carbonyl (C=O) groups excluding carboxylic acids is 2. The maximum atomic E-state index is 11.5. The fourth-order valence-electron chi connectivity index (χ4n) is 1.02. The monoisotopic (exact) mass is 241 g/mol. The second-order valence-corrected chi connectivity index (χ2v) is 3.41. The first-order valence-electron chi connectivity index (χ1n) is 4.64. The molecule has 0 atom stereocenters. The van der Waals surface area contributed by atoms with Crippen LogP contribution in [-0.2, 0) is 9.59 Å². The Kier molecular flexibility index (Phi) is 4.72. The molecule has 6 heteroatoms. The molecular weight excluding hydrogens is 230 g/mol. The Hall–Kier alpha value is -1.62. The molecule has 0 aromatic carbocycles. The minimum absolute atomic E-state index is 0.0396. The lowest BCUT2D eigenvalue weighted by Gasteiger charge is -2.14. The Labute approximate surface area is 98.4 Å². The average Bonchev–Trinajstić information content (AvgIpc) is 2.29. The molecule has 0 aliphatic rings. The van der Waals surface area contributed by atoms with Crippen LogP contribution in [0.5, 0.6) is 0 Å². The molecule has 1 rings (SSSR count). The van der Waals surface area contributed by atoms with E-state index in [1.807, 2.05) is 0 Å². The van der Waals surface area contributed by atoms with Gasteiger partial charge in [0, 0.05) is 13.2 Å². The number of anilines is 1. The van der Waals surface area contributed by atoms with Crippen LogP contribution in [-0.4, -0.2) is 41.2 Å². The minimum Gasteiger partial charge on any atom is -0.335 e. The number of pyridine rings is 1. The fourth-order valence-corrected chi connectivity index (χ4v) is 1.23. The molecule has 0 spiro atoms. The molecule has 2 amide bonds. The van der Waals surface area contributed by atoms with Gasteiger partial charge in [-0.05, 0) is 12.1 Å². The molecule has 0 aliphatic carbocycles. The van der Waals surface area contributed by atoms with Gasteiger partial charge < -0.3 is 10.2 Å². The highest BCUT2D eigenvalue weighted by atomic mass is 35.5. The molecule has 5 nitrogen and oxygen atoms in total. The van der Waals surface area contributed by atoms with Gasteiger partial charge in [0.05, 0.1) is 6.54 Å². The lowest BCUT2D eigenvalue weighted by Crippen LogP contribution is -2.35. The molecule has 0 fully saturated rings. The average molecular weight is 242 g/mol. The van der Waals surface area contributed by atoms with Gasteiger partial charge in [-0.25, -0.2) is 4.98 Å². The van der Waals surface area contributed by atoms with E-state index in [0.717, 1.165) is 0 Å². The van der Waals surface area contributed by atoms with Crippen LogP contribution in [0.1, 0.15) is 0 Å². The first kappa shape index (κ1) is 12.4. The summed E-state index contributed by atoms with van der Waals surface area (Å²) in [4.78, 5) is 27.7. The van der Waals surface area contributed by atoms with Gasteiger partial charge in [-0.1, -0.05) is 6.07 Å². The van der Waals surface area contributed by atoms with Crippen LogP contribution < -0.4 is 5.32 Å². The zero-order valence-electron chi connectivity index (χ0n) is 8.81. The highest BCUT2D eigenvalue weighted by molar-refractivity contribution is 6.27. The first-order chi connectivity index (χ1) is 7.63. The first-order valence-corrected chi connectivity index (χ1v) is 5.17. The van der Waals surface area contributed by atoms with Gasteiger partial charge in [0.25, 0.3) is 0 Å². The van der Waals surface area contributed by atoms with Crippen LogP contribution in [0.25, 0.3) is 0 Å². The van der Waals surface area contributed by atoms with Crippen LogP contribution in [0.15, 0.2) is 24.4 Å². The second kappa shape index (κ2) is 6.07. The second-order valence-electron chi connectivity index (χ2n) is 3.15. The van der Waals surface area contributed by atoms with Crippen molar-refractivity contribution in [3.63, 3.8) is 0 Å². The molecule has 0 radical (unpaired) electrons. The van der Waals surface area contributed by atoms with E-state index in [4.69, 9.17) is 11.6 Å². The smallest absolute Gasteiger partial charge is 0.245 e. The van der Waals surface area contributed by atoms with Crippen molar-refractivity contribution in [2.45, 2.75) is 0 Å². The molecule has 0 saturated carbocycles. The van der Waals surface area contributed by atoms with Gasteiger partial charge >= 0.3 is 0 Å². The molecule has 16 heavy (non-hydrogen) atoms. The highest BCUT2D eigenvalue weighted by Crippen LogP contribution is 1.99. The Morgan fingerprint density at radius 1 is 1.50 bits per heavy atom. The molecule has 0 bridgehead atoms. The van der Waals surface area contributed by atoms with Crippen molar-refractivity contribution in [3.8, 4) is 0 Å². The predicted octanol–water partition coefficient (Wildman–Crippen LogP) is 0.717. The third-order valence-corrected chi connectivity index (χ3v) is 2.08. The SMILES string of the molecule is CN(CC(=O)Nc1ccccn1)C(=O)CCl. The number of hydrogen-bond donors (Lipinski definition) is 1. The number of carbonyl (C=O) groups is 2. The lowest BCUT2D eigenvalue weighted by atomic mass is 10.4. The summed E-state index contributed by atoms with van der Waals surface area (Å²) < 4.78 is 0. The molecule has 0 unspecified atom stereocenters. The van der Waals surface area contributed by atoms with E-state index >= 15 is 0 Å². The van der Waals surface area contributed by atoms with Crippen LogP contribution in [0.2, 0.25) is 0 Å². The van der Waals surface area contributed by atoms with E-state index < -0.39 is 0 Å². The molecule has 1 aromatic heterocycles. The normalized spacial score (nSPS) is 9.62. The van der Waals surface area contributed by atoms with Gasteiger partial charge in [0.1, 0.15) is 11.7 Å². The zero-order chi connectivity index (χ0) is 12.0. The third kappa shape index (κ3) is 3.86. The van der Waals surface area contributed by atoms with E-state index in [0.29, 0.717) is 5.82 Å². The van der Waals surface area contributed by atoms with E-state index in [-0.39, 0.29) is 24.2 Å². The Balaban J connectivity index is 2.45. The molecule has 1 heterocycles. The summed E-state index contributed by atoms with van der Waals surface area (Å²) in [6.07, 6.45) is 1.57. The van der Waals surface area contributed by atoms with E-state index in [1.165, 1.54) is 11.9 Å². The fraction of sp³-hybridized carbons (Fsp3) is 0.300. The van der Waals surface area contributed by atoms with Crippen molar-refractivity contribution in [1.82, 2.24) is 9.88 Å².